The Morgan fingerprint density at radius 1 is 1.45 bits per heavy atom. The smallest absolute Gasteiger partial charge is 0.243 e. The first-order valence-electron chi connectivity index (χ1n) is 6.91. The fourth-order valence-electron chi connectivity index (χ4n) is 2.17. The molecule has 0 bridgehead atoms. The summed E-state index contributed by atoms with van der Waals surface area (Å²) in [6.07, 6.45) is 2.32. The van der Waals surface area contributed by atoms with Gasteiger partial charge in [-0.3, -0.25) is 4.90 Å². The molecule has 4 nitrogen and oxygen atoms in total. The average molecular weight is 275 g/mol. The zero-order valence-corrected chi connectivity index (χ0v) is 11.7. The molecule has 1 heterocycles. The predicted octanol–water partition coefficient (Wildman–Crippen LogP) is 3.28. The van der Waals surface area contributed by atoms with Gasteiger partial charge in [0.15, 0.2) is 5.82 Å². The van der Waals surface area contributed by atoms with E-state index in [1.807, 2.05) is 20.0 Å². The number of benzene rings is 1. The second-order valence-electron chi connectivity index (χ2n) is 5.49. The lowest BCUT2D eigenvalue weighted by atomic mass is 10.2. The summed E-state index contributed by atoms with van der Waals surface area (Å²) in [6.45, 7) is 2.66. The molecule has 1 aromatic carbocycles. The highest BCUT2D eigenvalue weighted by Crippen LogP contribution is 2.38. The van der Waals surface area contributed by atoms with Crippen LogP contribution in [0.5, 0.6) is 0 Å². The monoisotopic (exact) mass is 275 g/mol. The molecule has 1 aromatic heterocycles. The van der Waals surface area contributed by atoms with Gasteiger partial charge in [0, 0.05) is 12.5 Å². The summed E-state index contributed by atoms with van der Waals surface area (Å²) in [5, 5.41) is 4.03. The summed E-state index contributed by atoms with van der Waals surface area (Å²) >= 11 is 0. The Hall–Kier alpha value is -1.75. The number of hydrogen-bond donors (Lipinski definition) is 0. The van der Waals surface area contributed by atoms with Crippen molar-refractivity contribution >= 4 is 0 Å². The molecule has 20 heavy (non-hydrogen) atoms. The van der Waals surface area contributed by atoms with Gasteiger partial charge in [0.1, 0.15) is 5.82 Å². The van der Waals surface area contributed by atoms with Crippen molar-refractivity contribution in [3.05, 3.63) is 47.4 Å². The summed E-state index contributed by atoms with van der Waals surface area (Å²) in [6, 6.07) is 6.65. The zero-order valence-electron chi connectivity index (χ0n) is 11.7. The molecule has 0 radical (unpaired) electrons. The van der Waals surface area contributed by atoms with Crippen LogP contribution in [0.3, 0.4) is 0 Å². The van der Waals surface area contributed by atoms with Gasteiger partial charge < -0.3 is 4.52 Å². The first-order valence-corrected chi connectivity index (χ1v) is 6.91. The summed E-state index contributed by atoms with van der Waals surface area (Å²) in [5.41, 5.74) is 0.932. The minimum absolute atomic E-state index is 0.0123. The van der Waals surface area contributed by atoms with Crippen LogP contribution in [0.25, 0.3) is 0 Å². The van der Waals surface area contributed by atoms with E-state index in [9.17, 15) is 4.39 Å². The van der Waals surface area contributed by atoms with Gasteiger partial charge in [-0.05, 0) is 44.5 Å². The third-order valence-electron chi connectivity index (χ3n) is 3.74. The van der Waals surface area contributed by atoms with Crippen molar-refractivity contribution in [3.8, 4) is 0 Å². The number of aromatic nitrogens is 2. The molecule has 0 amide bonds. The van der Waals surface area contributed by atoms with Gasteiger partial charge in [0.2, 0.25) is 5.89 Å². The molecule has 0 unspecified atom stereocenters. The molecule has 0 aliphatic heterocycles. The molecular weight excluding hydrogens is 257 g/mol. The van der Waals surface area contributed by atoms with Gasteiger partial charge in [-0.15, -0.1) is 0 Å². The van der Waals surface area contributed by atoms with Crippen molar-refractivity contribution in [1.82, 2.24) is 15.0 Å². The van der Waals surface area contributed by atoms with E-state index in [1.54, 1.807) is 12.1 Å². The highest BCUT2D eigenvalue weighted by molar-refractivity contribution is 5.16. The number of hydrogen-bond acceptors (Lipinski definition) is 4. The van der Waals surface area contributed by atoms with Crippen molar-refractivity contribution in [3.63, 3.8) is 0 Å². The number of nitrogens with zero attached hydrogens (tertiary/aromatic N) is 3. The lowest BCUT2D eigenvalue weighted by Crippen LogP contribution is -2.22. The largest absolute Gasteiger partial charge is 0.338 e. The maximum atomic E-state index is 13.2. The van der Waals surface area contributed by atoms with Gasteiger partial charge in [0.05, 0.1) is 6.04 Å². The van der Waals surface area contributed by atoms with Crippen LogP contribution >= 0.6 is 0 Å². The highest BCUT2D eigenvalue weighted by atomic mass is 19.1. The quantitative estimate of drug-likeness (QED) is 0.839. The van der Waals surface area contributed by atoms with Crippen molar-refractivity contribution in [2.75, 3.05) is 7.05 Å². The molecule has 1 aliphatic carbocycles. The first-order chi connectivity index (χ1) is 9.63. The predicted molar refractivity (Wildman–Crippen MR) is 72.6 cm³/mol. The lowest BCUT2D eigenvalue weighted by molar-refractivity contribution is 0.202. The maximum Gasteiger partial charge on any atom is 0.243 e. The molecule has 1 aliphatic rings. The van der Waals surface area contributed by atoms with E-state index >= 15 is 0 Å². The van der Waals surface area contributed by atoms with Gasteiger partial charge >= 0.3 is 0 Å². The Morgan fingerprint density at radius 2 is 2.25 bits per heavy atom. The highest BCUT2D eigenvalue weighted by Gasteiger charge is 2.30. The Bertz CT molecular complexity index is 594. The third kappa shape index (κ3) is 2.88. The second kappa shape index (κ2) is 5.32. The third-order valence-corrected chi connectivity index (χ3v) is 3.74. The molecule has 0 spiro atoms. The second-order valence-corrected chi connectivity index (χ2v) is 5.49. The number of rotatable bonds is 5. The normalized spacial score (nSPS) is 16.6. The zero-order chi connectivity index (χ0) is 14.1. The molecule has 0 saturated heterocycles. The molecule has 0 N–H and O–H groups in total. The van der Waals surface area contributed by atoms with Crippen LogP contribution < -0.4 is 0 Å². The molecule has 2 aromatic rings. The van der Waals surface area contributed by atoms with Crippen LogP contribution in [-0.4, -0.2) is 22.1 Å². The molecule has 1 atom stereocenters. The summed E-state index contributed by atoms with van der Waals surface area (Å²) in [4.78, 5) is 6.53. The Kier molecular flexibility index (Phi) is 3.53. The molecule has 3 rings (SSSR count). The van der Waals surface area contributed by atoms with Crippen LogP contribution in [0.1, 0.15) is 49.0 Å². The minimum Gasteiger partial charge on any atom is -0.338 e. The molecule has 1 saturated carbocycles. The van der Waals surface area contributed by atoms with E-state index in [2.05, 4.69) is 15.0 Å². The fraction of sp³-hybridized carbons (Fsp3) is 0.467. The summed E-state index contributed by atoms with van der Waals surface area (Å²) in [5.74, 6) is 1.74. The van der Waals surface area contributed by atoms with E-state index in [1.165, 1.54) is 6.07 Å². The van der Waals surface area contributed by atoms with E-state index in [0.29, 0.717) is 18.4 Å². The summed E-state index contributed by atoms with van der Waals surface area (Å²) in [7, 11) is 1.97. The Labute approximate surface area is 117 Å². The summed E-state index contributed by atoms with van der Waals surface area (Å²) < 4.78 is 18.5. The molecule has 1 fully saturated rings. The topological polar surface area (TPSA) is 42.2 Å². The van der Waals surface area contributed by atoms with Gasteiger partial charge in [-0.1, -0.05) is 17.3 Å². The molecule has 5 heteroatoms. The van der Waals surface area contributed by atoms with Crippen molar-refractivity contribution in [1.29, 1.82) is 0 Å². The van der Waals surface area contributed by atoms with Crippen LogP contribution in [0.2, 0.25) is 0 Å². The van der Waals surface area contributed by atoms with Crippen LogP contribution in [0.4, 0.5) is 4.39 Å². The van der Waals surface area contributed by atoms with Crippen molar-refractivity contribution in [2.45, 2.75) is 38.3 Å². The van der Waals surface area contributed by atoms with Crippen LogP contribution in [0.15, 0.2) is 28.8 Å². The van der Waals surface area contributed by atoms with E-state index in [-0.39, 0.29) is 11.9 Å². The van der Waals surface area contributed by atoms with Crippen LogP contribution in [0, 0.1) is 5.82 Å². The van der Waals surface area contributed by atoms with E-state index in [0.717, 1.165) is 24.2 Å². The van der Waals surface area contributed by atoms with Gasteiger partial charge in [-0.2, -0.15) is 4.98 Å². The minimum atomic E-state index is -0.211. The fourth-order valence-corrected chi connectivity index (χ4v) is 2.17. The van der Waals surface area contributed by atoms with E-state index in [4.69, 9.17) is 4.52 Å². The maximum absolute atomic E-state index is 13.2. The first kappa shape index (κ1) is 13.2. The van der Waals surface area contributed by atoms with Crippen LogP contribution in [-0.2, 0) is 6.54 Å². The standard InChI is InChI=1S/C15H18FN3O/c1-10(15-17-14(18-20-15)12-6-7-12)19(2)9-11-4-3-5-13(16)8-11/h3-5,8,10,12H,6-7,9H2,1-2H3/t10-/m0/s1. The SMILES string of the molecule is C[C@@H](c1nc(C2CC2)no1)N(C)Cc1cccc(F)c1. The van der Waals surface area contributed by atoms with Crippen molar-refractivity contribution < 1.29 is 8.91 Å². The molecule has 106 valence electrons. The Balaban J connectivity index is 1.67. The average Bonchev–Trinajstić information content (AvgIpc) is 3.16. The van der Waals surface area contributed by atoms with Gasteiger partial charge in [-0.25, -0.2) is 4.39 Å². The molecular formula is C15H18FN3O. The number of halogens is 1. The van der Waals surface area contributed by atoms with E-state index < -0.39 is 0 Å². The van der Waals surface area contributed by atoms with Crippen molar-refractivity contribution in [2.24, 2.45) is 0 Å². The Morgan fingerprint density at radius 3 is 2.95 bits per heavy atom. The van der Waals surface area contributed by atoms with Gasteiger partial charge in [0.25, 0.3) is 0 Å². The lowest BCUT2D eigenvalue weighted by Gasteiger charge is -2.21.